The maximum Gasteiger partial charge on any atom is 0.251 e. The number of aryl methyl sites for hydroxylation is 1. The number of nitrogens with zero attached hydrogens (tertiary/aromatic N) is 1. The Morgan fingerprint density at radius 2 is 1.85 bits per heavy atom. The van der Waals surface area contributed by atoms with E-state index in [0.29, 0.717) is 18.1 Å². The van der Waals surface area contributed by atoms with E-state index in [-0.39, 0.29) is 11.9 Å². The molecule has 0 aliphatic rings. The van der Waals surface area contributed by atoms with Crippen LogP contribution in [-0.4, -0.2) is 17.9 Å². The first-order valence-corrected chi connectivity index (χ1v) is 9.07. The van der Waals surface area contributed by atoms with E-state index in [4.69, 9.17) is 5.73 Å². The number of hydrogen-bond donors (Lipinski definition) is 3. The lowest BCUT2D eigenvalue weighted by molar-refractivity contribution is 0.0939. The van der Waals surface area contributed by atoms with Crippen LogP contribution in [0.4, 0.5) is 5.69 Å². The van der Waals surface area contributed by atoms with Gasteiger partial charge in [-0.3, -0.25) is 4.79 Å². The largest absolute Gasteiger partial charge is 0.370 e. The average Bonchev–Trinajstić information content (AvgIpc) is 2.66. The van der Waals surface area contributed by atoms with E-state index in [9.17, 15) is 4.79 Å². The molecule has 0 aliphatic carbocycles. The quantitative estimate of drug-likeness (QED) is 0.525. The Labute approximate surface area is 155 Å². The SMILES string of the molecule is CCc1cccc(NC(N)=NCc2ccc(C(=O)NC(C)CC)cc2)c1. The third-order valence-electron chi connectivity index (χ3n) is 4.25. The first kappa shape index (κ1) is 19.5. The van der Waals surface area contributed by atoms with Gasteiger partial charge in [-0.05, 0) is 55.2 Å². The summed E-state index contributed by atoms with van der Waals surface area (Å²) in [7, 11) is 0. The van der Waals surface area contributed by atoms with Crippen molar-refractivity contribution in [2.45, 2.75) is 46.2 Å². The Bertz CT molecular complexity index is 753. The topological polar surface area (TPSA) is 79.5 Å². The number of rotatable bonds is 7. The van der Waals surface area contributed by atoms with Crippen molar-refractivity contribution in [1.82, 2.24) is 5.32 Å². The third kappa shape index (κ3) is 5.92. The number of amides is 1. The molecule has 1 atom stereocenters. The summed E-state index contributed by atoms with van der Waals surface area (Å²) < 4.78 is 0. The van der Waals surface area contributed by atoms with Crippen LogP contribution < -0.4 is 16.4 Å². The fourth-order valence-corrected chi connectivity index (χ4v) is 2.40. The van der Waals surface area contributed by atoms with Gasteiger partial charge in [-0.25, -0.2) is 4.99 Å². The zero-order chi connectivity index (χ0) is 18.9. The highest BCUT2D eigenvalue weighted by Gasteiger charge is 2.08. The average molecular weight is 352 g/mol. The highest BCUT2D eigenvalue weighted by Crippen LogP contribution is 2.11. The summed E-state index contributed by atoms with van der Waals surface area (Å²) in [6, 6.07) is 15.7. The Balaban J connectivity index is 1.93. The zero-order valence-electron chi connectivity index (χ0n) is 15.8. The Kier molecular flexibility index (Phi) is 7.21. The van der Waals surface area contributed by atoms with Crippen LogP contribution in [-0.2, 0) is 13.0 Å². The van der Waals surface area contributed by atoms with Gasteiger partial charge in [0.15, 0.2) is 5.96 Å². The van der Waals surface area contributed by atoms with E-state index in [1.165, 1.54) is 5.56 Å². The van der Waals surface area contributed by atoms with Gasteiger partial charge in [-0.15, -0.1) is 0 Å². The van der Waals surface area contributed by atoms with Crippen molar-refractivity contribution in [2.75, 3.05) is 5.32 Å². The molecule has 2 rings (SSSR count). The second kappa shape index (κ2) is 9.61. The van der Waals surface area contributed by atoms with Crippen LogP contribution in [0, 0.1) is 0 Å². The number of anilines is 1. The first-order valence-electron chi connectivity index (χ1n) is 9.07. The molecule has 138 valence electrons. The summed E-state index contributed by atoms with van der Waals surface area (Å²) in [6.07, 6.45) is 1.88. The van der Waals surface area contributed by atoms with E-state index >= 15 is 0 Å². The van der Waals surface area contributed by atoms with Crippen LogP contribution in [0.25, 0.3) is 0 Å². The number of hydrogen-bond acceptors (Lipinski definition) is 2. The Hall–Kier alpha value is -2.82. The standard InChI is InChI=1S/C21H28N4O/c1-4-15(3)24-20(26)18-11-9-17(10-12-18)14-23-21(22)25-19-8-6-7-16(5-2)13-19/h6-13,15H,4-5,14H2,1-3H3,(H,24,26)(H3,22,23,25). The molecule has 0 heterocycles. The molecule has 5 nitrogen and oxygen atoms in total. The monoisotopic (exact) mass is 352 g/mol. The van der Waals surface area contributed by atoms with Crippen molar-refractivity contribution in [1.29, 1.82) is 0 Å². The van der Waals surface area contributed by atoms with E-state index in [1.807, 2.05) is 50.2 Å². The number of carbonyl (C=O) groups excluding carboxylic acids is 1. The molecule has 0 spiro atoms. The molecule has 4 N–H and O–H groups in total. The minimum Gasteiger partial charge on any atom is -0.370 e. The number of benzene rings is 2. The molecule has 0 saturated carbocycles. The molecule has 0 aliphatic heterocycles. The summed E-state index contributed by atoms with van der Waals surface area (Å²) in [6.45, 7) is 6.61. The Morgan fingerprint density at radius 1 is 1.12 bits per heavy atom. The predicted molar refractivity (Wildman–Crippen MR) is 108 cm³/mol. The molecular weight excluding hydrogens is 324 g/mol. The van der Waals surface area contributed by atoms with Crippen molar-refractivity contribution in [3.8, 4) is 0 Å². The summed E-state index contributed by atoms with van der Waals surface area (Å²) in [5.74, 6) is 0.322. The molecule has 2 aromatic rings. The van der Waals surface area contributed by atoms with Crippen LogP contribution in [0.5, 0.6) is 0 Å². The van der Waals surface area contributed by atoms with Crippen molar-refractivity contribution in [2.24, 2.45) is 10.7 Å². The molecule has 0 bridgehead atoms. The molecule has 0 aromatic heterocycles. The molecule has 26 heavy (non-hydrogen) atoms. The lowest BCUT2D eigenvalue weighted by Gasteiger charge is -2.11. The number of nitrogens with two attached hydrogens (primary N) is 1. The van der Waals surface area contributed by atoms with Crippen LogP contribution in [0.2, 0.25) is 0 Å². The summed E-state index contributed by atoms with van der Waals surface area (Å²) >= 11 is 0. The number of nitrogens with one attached hydrogen (secondary N) is 2. The zero-order valence-corrected chi connectivity index (χ0v) is 15.8. The van der Waals surface area contributed by atoms with E-state index in [0.717, 1.165) is 24.1 Å². The van der Waals surface area contributed by atoms with E-state index < -0.39 is 0 Å². The highest BCUT2D eigenvalue weighted by molar-refractivity contribution is 5.94. The summed E-state index contributed by atoms with van der Waals surface area (Å²) in [5.41, 5.74) is 9.80. The van der Waals surface area contributed by atoms with Gasteiger partial charge in [-0.1, -0.05) is 38.1 Å². The fourth-order valence-electron chi connectivity index (χ4n) is 2.40. The molecule has 2 aromatic carbocycles. The van der Waals surface area contributed by atoms with Gasteiger partial charge in [0.2, 0.25) is 0 Å². The number of guanidine groups is 1. The molecule has 0 radical (unpaired) electrons. The van der Waals surface area contributed by atoms with Crippen molar-refractivity contribution < 1.29 is 4.79 Å². The Morgan fingerprint density at radius 3 is 2.50 bits per heavy atom. The molecule has 0 fully saturated rings. The summed E-state index contributed by atoms with van der Waals surface area (Å²) in [5, 5.41) is 6.06. The van der Waals surface area contributed by atoms with Crippen molar-refractivity contribution in [3.05, 3.63) is 65.2 Å². The maximum absolute atomic E-state index is 12.1. The molecular formula is C21H28N4O. The van der Waals surface area contributed by atoms with Gasteiger partial charge in [0.25, 0.3) is 5.91 Å². The normalized spacial score (nSPS) is 12.5. The minimum atomic E-state index is -0.0496. The van der Waals surface area contributed by atoms with Gasteiger partial charge in [-0.2, -0.15) is 0 Å². The van der Waals surface area contributed by atoms with Crippen LogP contribution in [0.3, 0.4) is 0 Å². The van der Waals surface area contributed by atoms with Crippen LogP contribution in [0.15, 0.2) is 53.5 Å². The molecule has 5 heteroatoms. The minimum absolute atomic E-state index is 0.0496. The smallest absolute Gasteiger partial charge is 0.251 e. The van der Waals surface area contributed by atoms with Gasteiger partial charge in [0, 0.05) is 17.3 Å². The highest BCUT2D eigenvalue weighted by atomic mass is 16.1. The van der Waals surface area contributed by atoms with Crippen molar-refractivity contribution in [3.63, 3.8) is 0 Å². The van der Waals surface area contributed by atoms with Crippen molar-refractivity contribution >= 4 is 17.6 Å². The lowest BCUT2D eigenvalue weighted by atomic mass is 10.1. The maximum atomic E-state index is 12.1. The van der Waals surface area contributed by atoms with Gasteiger partial charge in [0.1, 0.15) is 0 Å². The summed E-state index contributed by atoms with van der Waals surface area (Å²) in [4.78, 5) is 16.4. The van der Waals surface area contributed by atoms with E-state index in [2.05, 4.69) is 34.7 Å². The van der Waals surface area contributed by atoms with Gasteiger partial charge in [0.05, 0.1) is 6.54 Å². The fraction of sp³-hybridized carbons (Fsp3) is 0.333. The predicted octanol–water partition coefficient (Wildman–Crippen LogP) is 3.70. The third-order valence-corrected chi connectivity index (χ3v) is 4.25. The molecule has 0 saturated heterocycles. The van der Waals surface area contributed by atoms with Gasteiger partial charge < -0.3 is 16.4 Å². The first-order chi connectivity index (χ1) is 12.5. The second-order valence-electron chi connectivity index (χ2n) is 6.36. The molecule has 1 unspecified atom stereocenters. The van der Waals surface area contributed by atoms with Gasteiger partial charge >= 0.3 is 0 Å². The van der Waals surface area contributed by atoms with E-state index in [1.54, 1.807) is 0 Å². The number of aliphatic imine (C=N–C) groups is 1. The molecule has 1 amide bonds. The lowest BCUT2D eigenvalue weighted by Crippen LogP contribution is -2.31. The van der Waals surface area contributed by atoms with Crippen LogP contribution in [0.1, 0.15) is 48.7 Å². The van der Waals surface area contributed by atoms with Crippen LogP contribution >= 0.6 is 0 Å². The number of carbonyl (C=O) groups is 1. The second-order valence-corrected chi connectivity index (χ2v) is 6.36.